The predicted octanol–water partition coefficient (Wildman–Crippen LogP) is 6.15. The zero-order chi connectivity index (χ0) is 47.7. The van der Waals surface area contributed by atoms with Crippen LogP contribution in [-0.4, -0.2) is 131 Å². The average molecular weight is 925 g/mol. The third-order valence-electron chi connectivity index (χ3n) is 13.0. The highest BCUT2D eigenvalue weighted by Crippen LogP contribution is 2.39. The van der Waals surface area contributed by atoms with Gasteiger partial charge in [0.25, 0.3) is 0 Å². The van der Waals surface area contributed by atoms with Gasteiger partial charge in [-0.05, 0) is 103 Å². The molecule has 64 heavy (non-hydrogen) atoms. The number of halogens is 2. The summed E-state index contributed by atoms with van der Waals surface area (Å²) in [5.74, 6) is -3.58. The van der Waals surface area contributed by atoms with Crippen molar-refractivity contribution in [3.05, 3.63) is 70.5 Å². The highest BCUT2D eigenvalue weighted by Gasteiger charge is 2.52. The SMILES string of the molecule is CC[C@H]1OC(=O)[C@H](C)[C@@H](O[C@H]2C[C@@](C)(OC)[C@@H](O)[C@H](C)O2)[C@H](C)[C@@H](OC(=O)NCCc2ccccc2Cl)[C@](C)(O)C[C@@H](C)CN(C)[C@H](C)[C@@H](OC(=O)NCc2ccc(F)cc2)[C@]1(C)O. The standard InChI is InChI=1S/C47H71ClFN3O12/c1-12-36-47(9,58)41(64-44(56)51-25-32-17-19-34(49)20-18-32)30(5)52(10)26-27(2)23-45(7,57)40(63-43(55)50-22-21-33-15-13-14-16-35(33)48)28(3)38(29(4)42(54)61-36)62-37-24-46(8,59-11)39(53)31(6)60-37/h13-20,27-31,36-41,53,57-58H,12,21-26H2,1-11H3,(H,50,55)(H,51,56)/t27-,28+,29-,30-,31+,36-,37+,38+,39+,40-,41-,45-,46-,47-/m1/s1. The number of aliphatic hydroxyl groups is 3. The van der Waals surface area contributed by atoms with Crippen LogP contribution in [0.4, 0.5) is 14.0 Å². The van der Waals surface area contributed by atoms with E-state index in [-0.39, 0.29) is 38.3 Å². The van der Waals surface area contributed by atoms with Crippen molar-refractivity contribution in [3.63, 3.8) is 0 Å². The van der Waals surface area contributed by atoms with Gasteiger partial charge in [0, 0.05) is 50.1 Å². The van der Waals surface area contributed by atoms with E-state index in [0.717, 1.165) is 5.56 Å². The van der Waals surface area contributed by atoms with Gasteiger partial charge in [-0.2, -0.15) is 0 Å². The minimum atomic E-state index is -1.96. The number of hydrogen-bond donors (Lipinski definition) is 5. The molecule has 15 nitrogen and oxygen atoms in total. The first-order valence-corrected chi connectivity index (χ1v) is 22.6. The number of alkyl carbamates (subject to hydrolysis) is 2. The molecule has 2 heterocycles. The molecular weight excluding hydrogens is 853 g/mol. The monoisotopic (exact) mass is 923 g/mol. The lowest BCUT2D eigenvalue weighted by molar-refractivity contribution is -0.299. The number of nitrogens with zero attached hydrogens (tertiary/aromatic N) is 1. The molecule has 2 aromatic rings. The summed E-state index contributed by atoms with van der Waals surface area (Å²) >= 11 is 6.36. The molecule has 2 amide bonds. The van der Waals surface area contributed by atoms with Crippen LogP contribution < -0.4 is 10.6 Å². The van der Waals surface area contributed by atoms with Crippen molar-refractivity contribution < 1.29 is 62.5 Å². The number of hydrogen-bond acceptors (Lipinski definition) is 13. The van der Waals surface area contributed by atoms with Crippen molar-refractivity contribution in [2.45, 2.75) is 160 Å². The molecule has 2 aliphatic rings. The van der Waals surface area contributed by atoms with E-state index in [4.69, 9.17) is 40.0 Å². The maximum absolute atomic E-state index is 14.5. The summed E-state index contributed by atoms with van der Waals surface area (Å²) in [4.78, 5) is 43.6. The molecule has 4 rings (SSSR count). The molecule has 2 aromatic carbocycles. The van der Waals surface area contributed by atoms with Crippen molar-refractivity contribution in [1.29, 1.82) is 0 Å². The molecule has 2 saturated heterocycles. The Bertz CT molecular complexity index is 1840. The number of rotatable bonds is 11. The fraction of sp³-hybridized carbons (Fsp3) is 0.681. The molecule has 0 unspecified atom stereocenters. The van der Waals surface area contributed by atoms with Crippen LogP contribution in [0.3, 0.4) is 0 Å². The number of carbonyl (C=O) groups is 3. The fourth-order valence-electron chi connectivity index (χ4n) is 9.19. The summed E-state index contributed by atoms with van der Waals surface area (Å²) in [6.45, 7) is 15.6. The highest BCUT2D eigenvalue weighted by atomic mass is 35.5. The molecule has 14 atom stereocenters. The lowest BCUT2D eigenvalue weighted by atomic mass is 9.78. The van der Waals surface area contributed by atoms with Gasteiger partial charge in [-0.3, -0.25) is 9.69 Å². The van der Waals surface area contributed by atoms with Crippen LogP contribution in [0, 0.1) is 23.6 Å². The summed E-state index contributed by atoms with van der Waals surface area (Å²) in [7, 11) is 3.26. The largest absolute Gasteiger partial charge is 0.459 e. The molecule has 0 spiro atoms. The molecule has 2 aliphatic heterocycles. The van der Waals surface area contributed by atoms with Crippen LogP contribution in [-0.2, 0) is 46.2 Å². The quantitative estimate of drug-likeness (QED) is 0.127. The minimum Gasteiger partial charge on any atom is -0.459 e. The van der Waals surface area contributed by atoms with Gasteiger partial charge in [0.2, 0.25) is 0 Å². The third-order valence-corrected chi connectivity index (χ3v) is 13.4. The Hall–Kier alpha value is -3.61. The fourth-order valence-corrected chi connectivity index (χ4v) is 9.42. The Balaban J connectivity index is 1.73. The lowest BCUT2D eigenvalue weighted by Gasteiger charge is -2.47. The van der Waals surface area contributed by atoms with Crippen LogP contribution in [0.1, 0.15) is 92.7 Å². The molecule has 0 aromatic heterocycles. The second-order valence-electron chi connectivity index (χ2n) is 18.5. The first-order valence-electron chi connectivity index (χ1n) is 22.2. The Morgan fingerprint density at radius 3 is 2.20 bits per heavy atom. The van der Waals surface area contributed by atoms with Crippen molar-refractivity contribution in [1.82, 2.24) is 15.5 Å². The zero-order valence-electron chi connectivity index (χ0n) is 39.1. The topological polar surface area (TPSA) is 195 Å². The molecular formula is C47H71ClFN3O12. The van der Waals surface area contributed by atoms with Crippen molar-refractivity contribution >= 4 is 29.8 Å². The third kappa shape index (κ3) is 13.5. The van der Waals surface area contributed by atoms with Gasteiger partial charge < -0.3 is 54.4 Å². The smallest absolute Gasteiger partial charge is 0.407 e. The Kier molecular flexibility index (Phi) is 18.8. The molecule has 0 aliphatic carbocycles. The van der Waals surface area contributed by atoms with Gasteiger partial charge in [-0.15, -0.1) is 0 Å². The summed E-state index contributed by atoms with van der Waals surface area (Å²) in [6, 6.07) is 12.2. The van der Waals surface area contributed by atoms with E-state index in [0.29, 0.717) is 23.6 Å². The van der Waals surface area contributed by atoms with Gasteiger partial charge in [0.1, 0.15) is 29.7 Å². The summed E-state index contributed by atoms with van der Waals surface area (Å²) in [5, 5.41) is 41.9. The van der Waals surface area contributed by atoms with E-state index in [1.807, 2.05) is 30.0 Å². The van der Waals surface area contributed by atoms with Gasteiger partial charge in [-0.25, -0.2) is 14.0 Å². The van der Waals surface area contributed by atoms with Gasteiger partial charge in [0.05, 0.1) is 29.3 Å². The maximum atomic E-state index is 14.5. The number of esters is 1. The van der Waals surface area contributed by atoms with Gasteiger partial charge in [0.15, 0.2) is 12.4 Å². The first kappa shape index (κ1) is 53.0. The molecule has 0 saturated carbocycles. The van der Waals surface area contributed by atoms with Crippen molar-refractivity contribution in [2.75, 3.05) is 27.2 Å². The van der Waals surface area contributed by atoms with Crippen LogP contribution in [0.15, 0.2) is 48.5 Å². The van der Waals surface area contributed by atoms with E-state index in [2.05, 4.69) is 10.6 Å². The van der Waals surface area contributed by atoms with E-state index in [9.17, 15) is 34.1 Å². The van der Waals surface area contributed by atoms with Crippen LogP contribution in [0.2, 0.25) is 5.02 Å². The van der Waals surface area contributed by atoms with E-state index in [1.54, 1.807) is 61.6 Å². The molecule has 360 valence electrons. The summed E-state index contributed by atoms with van der Waals surface area (Å²) < 4.78 is 50.4. The van der Waals surface area contributed by atoms with Gasteiger partial charge in [-0.1, -0.05) is 62.7 Å². The molecule has 2 fully saturated rings. The molecule has 0 bridgehead atoms. The second kappa shape index (κ2) is 22.7. The number of benzene rings is 2. The highest BCUT2D eigenvalue weighted by molar-refractivity contribution is 6.31. The maximum Gasteiger partial charge on any atom is 0.407 e. The zero-order valence-corrected chi connectivity index (χ0v) is 39.9. The predicted molar refractivity (Wildman–Crippen MR) is 238 cm³/mol. The number of likely N-dealkylation sites (N-methyl/N-ethyl adjacent to an activating group) is 1. The summed E-state index contributed by atoms with van der Waals surface area (Å²) in [5.41, 5.74) is -3.35. The van der Waals surface area contributed by atoms with Gasteiger partial charge >= 0.3 is 18.2 Å². The second-order valence-corrected chi connectivity index (χ2v) is 18.9. The summed E-state index contributed by atoms with van der Waals surface area (Å²) in [6.07, 6.45) is -8.74. The van der Waals surface area contributed by atoms with Crippen LogP contribution >= 0.6 is 11.6 Å². The van der Waals surface area contributed by atoms with E-state index >= 15 is 0 Å². The Morgan fingerprint density at radius 2 is 1.58 bits per heavy atom. The Morgan fingerprint density at radius 1 is 0.953 bits per heavy atom. The number of aliphatic hydroxyl groups excluding tert-OH is 1. The first-order chi connectivity index (χ1) is 29.9. The van der Waals surface area contributed by atoms with E-state index in [1.165, 1.54) is 38.3 Å². The van der Waals surface area contributed by atoms with Crippen molar-refractivity contribution in [2.24, 2.45) is 17.8 Å². The van der Waals surface area contributed by atoms with Crippen LogP contribution in [0.5, 0.6) is 0 Å². The molecule has 5 N–H and O–H groups in total. The molecule has 0 radical (unpaired) electrons. The number of carbonyl (C=O) groups excluding carboxylic acids is 3. The van der Waals surface area contributed by atoms with E-state index < -0.39 is 102 Å². The number of amides is 2. The normalized spacial score (nSPS) is 35.9. The number of nitrogens with one attached hydrogen (secondary N) is 2. The lowest BCUT2D eigenvalue weighted by Crippen LogP contribution is -2.61. The van der Waals surface area contributed by atoms with Crippen LogP contribution in [0.25, 0.3) is 0 Å². The van der Waals surface area contributed by atoms with Crippen molar-refractivity contribution in [3.8, 4) is 0 Å². The Labute approximate surface area is 382 Å². The average Bonchev–Trinajstić information content (AvgIpc) is 3.23. The number of methoxy groups -OCH3 is 1. The molecule has 17 heteroatoms. The minimum absolute atomic E-state index is 0.0161. The number of ether oxygens (including phenoxy) is 6. The number of cyclic esters (lactones) is 1.